The van der Waals surface area contributed by atoms with Crippen molar-refractivity contribution in [3.63, 3.8) is 0 Å². The van der Waals surface area contributed by atoms with Gasteiger partial charge < -0.3 is 25.8 Å². The second-order valence-electron chi connectivity index (χ2n) is 10.2. The Hall–Kier alpha value is -3.62. The van der Waals surface area contributed by atoms with E-state index in [0.717, 1.165) is 22.3 Å². The molecule has 0 heterocycles. The minimum Gasteiger partial charge on any atom is -0.508 e. The number of ether oxygens (including phenoxy) is 1. The zero-order chi connectivity index (χ0) is 27.8. The molecule has 0 saturated heterocycles. The van der Waals surface area contributed by atoms with E-state index in [0.29, 0.717) is 19.4 Å². The number of rotatable bonds is 10. The minimum absolute atomic E-state index is 0.115. The Labute approximate surface area is 218 Å². The number of hydrogen-bond acceptors (Lipinski definition) is 5. The quantitative estimate of drug-likeness (QED) is 0.359. The molecule has 0 radical (unpaired) electrons. The zero-order valence-corrected chi connectivity index (χ0v) is 22.4. The standard InChI is InChI=1S/C28H38FN3O5/c1-17-14-22(33)15-18(2)23(17)16-24(32-27(36)37-28(4,5)6)26(35)31-19(3)25(34)30-13-7-8-20-9-11-21(29)12-10-20/h9-12,14-15,19,24,33H,7-8,13,16H2,1-6H3,(H,30,34)(H,31,35)(H,32,36)/t19-,24+/m1/s1. The molecule has 2 aromatic rings. The Kier molecular flexibility index (Phi) is 10.5. The van der Waals surface area contributed by atoms with E-state index in [1.54, 1.807) is 52.0 Å². The van der Waals surface area contributed by atoms with E-state index in [1.807, 2.05) is 13.8 Å². The molecule has 0 saturated carbocycles. The molecule has 0 aromatic heterocycles. The predicted octanol–water partition coefficient (Wildman–Crippen LogP) is 3.84. The van der Waals surface area contributed by atoms with Gasteiger partial charge in [0.1, 0.15) is 29.3 Å². The van der Waals surface area contributed by atoms with Gasteiger partial charge in [0.25, 0.3) is 0 Å². The van der Waals surface area contributed by atoms with Crippen LogP contribution in [0.2, 0.25) is 0 Å². The van der Waals surface area contributed by atoms with Crippen molar-refractivity contribution in [1.29, 1.82) is 0 Å². The van der Waals surface area contributed by atoms with Crippen LogP contribution in [0.15, 0.2) is 36.4 Å². The number of carbonyl (C=O) groups excluding carboxylic acids is 3. The molecule has 8 nitrogen and oxygen atoms in total. The molecular formula is C28H38FN3O5. The van der Waals surface area contributed by atoms with Crippen LogP contribution in [0.1, 0.15) is 56.4 Å². The van der Waals surface area contributed by atoms with Gasteiger partial charge in [-0.05, 0) is 101 Å². The molecule has 202 valence electrons. The molecule has 0 aliphatic heterocycles. The van der Waals surface area contributed by atoms with Gasteiger partial charge in [-0.2, -0.15) is 0 Å². The topological polar surface area (TPSA) is 117 Å². The first-order chi connectivity index (χ1) is 17.2. The first kappa shape index (κ1) is 29.6. The average Bonchev–Trinajstić information content (AvgIpc) is 2.77. The molecule has 37 heavy (non-hydrogen) atoms. The van der Waals surface area contributed by atoms with Gasteiger partial charge in [-0.25, -0.2) is 9.18 Å². The summed E-state index contributed by atoms with van der Waals surface area (Å²) in [5.41, 5.74) is 2.55. The summed E-state index contributed by atoms with van der Waals surface area (Å²) >= 11 is 0. The van der Waals surface area contributed by atoms with Gasteiger partial charge >= 0.3 is 6.09 Å². The van der Waals surface area contributed by atoms with Gasteiger partial charge in [0.15, 0.2) is 0 Å². The van der Waals surface area contributed by atoms with Crippen molar-refractivity contribution in [3.05, 3.63) is 64.5 Å². The monoisotopic (exact) mass is 515 g/mol. The molecule has 2 aromatic carbocycles. The maximum absolute atomic E-state index is 13.2. The lowest BCUT2D eigenvalue weighted by molar-refractivity contribution is -0.129. The van der Waals surface area contributed by atoms with E-state index in [9.17, 15) is 23.9 Å². The first-order valence-electron chi connectivity index (χ1n) is 12.4. The number of halogens is 1. The maximum atomic E-state index is 13.2. The van der Waals surface area contributed by atoms with Gasteiger partial charge in [0, 0.05) is 13.0 Å². The summed E-state index contributed by atoms with van der Waals surface area (Å²) in [4.78, 5) is 38.2. The molecule has 0 aliphatic rings. The molecule has 0 fully saturated rings. The van der Waals surface area contributed by atoms with Gasteiger partial charge in [-0.15, -0.1) is 0 Å². The molecule has 9 heteroatoms. The summed E-state index contributed by atoms with van der Waals surface area (Å²) in [6.45, 7) is 10.7. The van der Waals surface area contributed by atoms with Crippen molar-refractivity contribution in [3.8, 4) is 5.75 Å². The smallest absolute Gasteiger partial charge is 0.408 e. The number of aromatic hydroxyl groups is 1. The number of alkyl carbamates (subject to hydrolysis) is 1. The van der Waals surface area contributed by atoms with Gasteiger partial charge in [-0.3, -0.25) is 9.59 Å². The molecule has 0 aliphatic carbocycles. The zero-order valence-electron chi connectivity index (χ0n) is 22.4. The van der Waals surface area contributed by atoms with Gasteiger partial charge in [0.05, 0.1) is 0 Å². The Morgan fingerprint density at radius 2 is 1.59 bits per heavy atom. The van der Waals surface area contributed by atoms with Crippen LogP contribution in [0, 0.1) is 19.7 Å². The lowest BCUT2D eigenvalue weighted by atomic mass is 9.95. The molecule has 0 spiro atoms. The fourth-order valence-corrected chi connectivity index (χ4v) is 3.84. The summed E-state index contributed by atoms with van der Waals surface area (Å²) in [5.74, 6) is -1.08. The van der Waals surface area contributed by atoms with Crippen LogP contribution in [0.5, 0.6) is 5.75 Å². The highest BCUT2D eigenvalue weighted by atomic mass is 19.1. The van der Waals surface area contributed by atoms with Crippen molar-refractivity contribution in [2.24, 2.45) is 0 Å². The van der Waals surface area contributed by atoms with E-state index in [1.165, 1.54) is 12.1 Å². The van der Waals surface area contributed by atoms with Crippen LogP contribution < -0.4 is 16.0 Å². The third-order valence-electron chi connectivity index (χ3n) is 5.70. The lowest BCUT2D eigenvalue weighted by Gasteiger charge is -2.25. The number of hydrogen-bond donors (Lipinski definition) is 4. The number of nitrogens with one attached hydrogen (secondary N) is 3. The van der Waals surface area contributed by atoms with Crippen molar-refractivity contribution in [1.82, 2.24) is 16.0 Å². The van der Waals surface area contributed by atoms with Crippen LogP contribution in [-0.2, 0) is 27.2 Å². The van der Waals surface area contributed by atoms with E-state index >= 15 is 0 Å². The molecule has 4 N–H and O–H groups in total. The van der Waals surface area contributed by atoms with Crippen LogP contribution in [0.3, 0.4) is 0 Å². The SMILES string of the molecule is Cc1cc(O)cc(C)c1C[C@H](NC(=O)OC(C)(C)C)C(=O)N[C@H](C)C(=O)NCCCc1ccc(F)cc1. The summed E-state index contributed by atoms with van der Waals surface area (Å²) in [6, 6.07) is 7.53. The first-order valence-corrected chi connectivity index (χ1v) is 12.4. The lowest BCUT2D eigenvalue weighted by Crippen LogP contribution is -2.54. The second-order valence-corrected chi connectivity index (χ2v) is 10.2. The third-order valence-corrected chi connectivity index (χ3v) is 5.70. The molecule has 0 unspecified atom stereocenters. The van der Waals surface area contributed by atoms with E-state index < -0.39 is 29.7 Å². The van der Waals surface area contributed by atoms with Crippen LogP contribution >= 0.6 is 0 Å². The fourth-order valence-electron chi connectivity index (χ4n) is 3.84. The van der Waals surface area contributed by atoms with Crippen molar-refractivity contribution >= 4 is 17.9 Å². The Bertz CT molecular complexity index is 1070. The number of aryl methyl sites for hydroxylation is 3. The van der Waals surface area contributed by atoms with Crippen LogP contribution in [0.25, 0.3) is 0 Å². The third kappa shape index (κ3) is 10.1. The Balaban J connectivity index is 2.01. The highest BCUT2D eigenvalue weighted by Gasteiger charge is 2.28. The molecule has 2 rings (SSSR count). The van der Waals surface area contributed by atoms with Crippen LogP contribution in [0.4, 0.5) is 9.18 Å². The average molecular weight is 516 g/mol. The molecule has 0 bridgehead atoms. The summed E-state index contributed by atoms with van der Waals surface area (Å²) in [6.07, 6.45) is 0.726. The Morgan fingerprint density at radius 1 is 1.00 bits per heavy atom. The highest BCUT2D eigenvalue weighted by Crippen LogP contribution is 2.22. The van der Waals surface area contributed by atoms with Crippen molar-refractivity contribution in [2.45, 2.75) is 78.5 Å². The number of phenols is 1. The predicted molar refractivity (Wildman–Crippen MR) is 140 cm³/mol. The normalized spacial score (nSPS) is 12.8. The van der Waals surface area contributed by atoms with Crippen LogP contribution in [-0.4, -0.2) is 47.2 Å². The van der Waals surface area contributed by atoms with Crippen molar-refractivity contribution in [2.75, 3.05) is 6.54 Å². The number of phenolic OH excluding ortho intramolecular Hbond substituents is 1. The molecule has 3 amide bonds. The van der Waals surface area contributed by atoms with E-state index in [4.69, 9.17) is 4.74 Å². The number of carbonyl (C=O) groups is 3. The molecule has 2 atom stereocenters. The fraction of sp³-hybridized carbons (Fsp3) is 0.464. The van der Waals surface area contributed by atoms with Gasteiger partial charge in [-0.1, -0.05) is 12.1 Å². The Morgan fingerprint density at radius 3 is 2.16 bits per heavy atom. The van der Waals surface area contributed by atoms with E-state index in [-0.39, 0.29) is 23.9 Å². The summed E-state index contributed by atoms with van der Waals surface area (Å²) < 4.78 is 18.3. The van der Waals surface area contributed by atoms with E-state index in [2.05, 4.69) is 16.0 Å². The summed E-state index contributed by atoms with van der Waals surface area (Å²) in [5, 5.41) is 17.9. The molecular weight excluding hydrogens is 477 g/mol. The van der Waals surface area contributed by atoms with Gasteiger partial charge in [0.2, 0.25) is 11.8 Å². The highest BCUT2D eigenvalue weighted by molar-refractivity contribution is 5.91. The largest absolute Gasteiger partial charge is 0.508 e. The second kappa shape index (κ2) is 13.1. The number of benzene rings is 2. The minimum atomic E-state index is -1.01. The number of amides is 3. The van der Waals surface area contributed by atoms with Crippen molar-refractivity contribution < 1.29 is 28.6 Å². The summed E-state index contributed by atoms with van der Waals surface area (Å²) in [7, 11) is 0. The maximum Gasteiger partial charge on any atom is 0.408 e.